The van der Waals surface area contributed by atoms with Crippen molar-refractivity contribution >= 4 is 11.9 Å². The molecule has 0 aliphatic heterocycles. The van der Waals surface area contributed by atoms with Gasteiger partial charge in [0.25, 0.3) is 0 Å². The fraction of sp³-hybridized carbons (Fsp3) is 0.231. The molecule has 0 saturated carbocycles. The molecule has 1 unspecified atom stereocenters. The van der Waals surface area contributed by atoms with Crippen LogP contribution in [0.15, 0.2) is 24.3 Å². The fourth-order valence-corrected chi connectivity index (χ4v) is 1.11. The van der Waals surface area contributed by atoms with Crippen molar-refractivity contribution in [1.29, 1.82) is 0 Å². The number of aliphatic hydroxyl groups excluding tert-OH is 1. The van der Waals surface area contributed by atoms with E-state index in [0.717, 1.165) is 0 Å². The van der Waals surface area contributed by atoms with Gasteiger partial charge in [0.2, 0.25) is 0 Å². The Morgan fingerprint density at radius 3 is 2.37 bits per heavy atom. The minimum absolute atomic E-state index is 0.0257. The Morgan fingerprint density at radius 1 is 1.21 bits per heavy atom. The summed E-state index contributed by atoms with van der Waals surface area (Å²) in [6.45, 7) is -0.691. The van der Waals surface area contributed by atoms with Crippen molar-refractivity contribution in [2.75, 3.05) is 13.2 Å². The molecule has 2 N–H and O–H groups in total. The van der Waals surface area contributed by atoms with E-state index >= 15 is 0 Å². The van der Waals surface area contributed by atoms with Crippen LogP contribution in [0.2, 0.25) is 0 Å². The van der Waals surface area contributed by atoms with Gasteiger partial charge in [0.1, 0.15) is 25.1 Å². The van der Waals surface area contributed by atoms with Crippen LogP contribution in [0.25, 0.3) is 0 Å². The van der Waals surface area contributed by atoms with Crippen molar-refractivity contribution in [3.8, 4) is 18.1 Å². The Balaban J connectivity index is 2.36. The lowest BCUT2D eigenvalue weighted by Gasteiger charge is -2.10. The van der Waals surface area contributed by atoms with E-state index in [4.69, 9.17) is 16.3 Å². The Bertz CT molecular complexity index is 485. The Hall–Kier alpha value is -2.52. The van der Waals surface area contributed by atoms with Gasteiger partial charge in [-0.2, -0.15) is 0 Å². The maximum atomic E-state index is 11.5. The van der Waals surface area contributed by atoms with Crippen LogP contribution in [0.4, 0.5) is 0 Å². The number of benzene rings is 1. The molecule has 1 rings (SSSR count). The average molecular weight is 264 g/mol. The number of carbonyl (C=O) groups excluding carboxylic acids is 2. The van der Waals surface area contributed by atoms with E-state index in [1.54, 1.807) is 5.92 Å². The molecule has 1 aromatic carbocycles. The molecule has 6 nitrogen and oxygen atoms in total. The first kappa shape index (κ1) is 14.5. The number of ether oxygens (including phenoxy) is 2. The lowest BCUT2D eigenvalue weighted by Crippen LogP contribution is -2.25. The number of rotatable bonds is 5. The van der Waals surface area contributed by atoms with Gasteiger partial charge in [-0.1, -0.05) is 0 Å². The van der Waals surface area contributed by atoms with Gasteiger partial charge in [-0.25, -0.2) is 9.59 Å². The third kappa shape index (κ3) is 5.10. The van der Waals surface area contributed by atoms with Crippen molar-refractivity contribution < 1.29 is 29.3 Å². The number of hydrogen-bond acceptors (Lipinski definition) is 6. The Labute approximate surface area is 109 Å². The smallest absolute Gasteiger partial charge is 0.384 e. The molecule has 0 aromatic heterocycles. The van der Waals surface area contributed by atoms with Crippen molar-refractivity contribution in [3.63, 3.8) is 0 Å². The number of carbonyl (C=O) groups is 2. The van der Waals surface area contributed by atoms with E-state index in [0.29, 0.717) is 0 Å². The third-order valence-corrected chi connectivity index (χ3v) is 2.03. The van der Waals surface area contributed by atoms with Gasteiger partial charge in [0.05, 0.1) is 5.56 Å². The van der Waals surface area contributed by atoms with Crippen molar-refractivity contribution in [2.24, 2.45) is 0 Å². The lowest BCUT2D eigenvalue weighted by atomic mass is 10.2. The monoisotopic (exact) mass is 264 g/mol. The second-order valence-corrected chi connectivity index (χ2v) is 3.54. The molecule has 0 heterocycles. The Kier molecular flexibility index (Phi) is 5.38. The van der Waals surface area contributed by atoms with E-state index in [1.165, 1.54) is 24.3 Å². The van der Waals surface area contributed by atoms with E-state index < -0.39 is 18.0 Å². The Morgan fingerprint density at radius 2 is 1.79 bits per heavy atom. The molecule has 0 saturated heterocycles. The van der Waals surface area contributed by atoms with Gasteiger partial charge in [0, 0.05) is 5.92 Å². The van der Waals surface area contributed by atoms with Crippen molar-refractivity contribution in [3.05, 3.63) is 29.8 Å². The van der Waals surface area contributed by atoms with Gasteiger partial charge in [0.15, 0.2) is 0 Å². The lowest BCUT2D eigenvalue weighted by molar-refractivity contribution is -0.140. The molecule has 19 heavy (non-hydrogen) atoms. The van der Waals surface area contributed by atoms with Crippen LogP contribution >= 0.6 is 0 Å². The normalized spacial score (nSPS) is 11.2. The van der Waals surface area contributed by atoms with Gasteiger partial charge in [-0.3, -0.25) is 0 Å². The van der Waals surface area contributed by atoms with E-state index in [9.17, 15) is 14.7 Å². The van der Waals surface area contributed by atoms with E-state index in [1.807, 2.05) is 0 Å². The molecule has 0 aliphatic rings. The maximum absolute atomic E-state index is 11.5. The summed E-state index contributed by atoms with van der Waals surface area (Å²) in [5, 5.41) is 18.4. The number of hydrogen-bond donors (Lipinski definition) is 2. The summed E-state index contributed by atoms with van der Waals surface area (Å²) in [5.74, 6) is 0.175. The van der Waals surface area contributed by atoms with E-state index in [-0.39, 0.29) is 24.5 Å². The average Bonchev–Trinajstić information content (AvgIpc) is 2.42. The van der Waals surface area contributed by atoms with Gasteiger partial charge < -0.3 is 19.7 Å². The molecular formula is C13H12O6. The summed E-state index contributed by atoms with van der Waals surface area (Å²) in [4.78, 5) is 22.1. The summed E-state index contributed by atoms with van der Waals surface area (Å²) >= 11 is 0. The molecule has 6 heteroatoms. The van der Waals surface area contributed by atoms with Crippen LogP contribution < -0.4 is 0 Å². The number of esters is 2. The summed E-state index contributed by atoms with van der Waals surface area (Å²) in [6, 6.07) is 5.42. The molecule has 0 amide bonds. The number of phenolic OH excluding ortho intramolecular Hbond substituents is 1. The first-order valence-electron chi connectivity index (χ1n) is 5.30. The second kappa shape index (κ2) is 7.03. The largest absolute Gasteiger partial charge is 0.508 e. The number of phenols is 1. The standard InChI is InChI=1S/C13H12O6/c1-2-12(16)18-7-11(15)8-19-13(17)9-3-5-10(14)6-4-9/h1,3-6,11,14-15H,7-8H2. The molecular weight excluding hydrogens is 252 g/mol. The first-order chi connectivity index (χ1) is 9.02. The molecule has 100 valence electrons. The number of aromatic hydroxyl groups is 1. The topological polar surface area (TPSA) is 93.1 Å². The minimum Gasteiger partial charge on any atom is -0.508 e. The molecule has 0 fully saturated rings. The zero-order chi connectivity index (χ0) is 14.3. The predicted octanol–water partition coefficient (Wildman–Crippen LogP) is 0.0863. The zero-order valence-electron chi connectivity index (χ0n) is 9.91. The number of aliphatic hydroxyl groups is 1. The third-order valence-electron chi connectivity index (χ3n) is 2.03. The predicted molar refractivity (Wildman–Crippen MR) is 64.2 cm³/mol. The quantitative estimate of drug-likeness (QED) is 0.444. The highest BCUT2D eigenvalue weighted by atomic mass is 16.6. The molecule has 0 bridgehead atoms. The number of terminal acetylenes is 1. The summed E-state index contributed by atoms with van der Waals surface area (Å²) in [5.41, 5.74) is 0.227. The molecule has 1 aromatic rings. The van der Waals surface area contributed by atoms with Crippen molar-refractivity contribution in [2.45, 2.75) is 6.10 Å². The highest BCUT2D eigenvalue weighted by Gasteiger charge is 2.12. The van der Waals surface area contributed by atoms with Gasteiger partial charge in [-0.15, -0.1) is 6.42 Å². The van der Waals surface area contributed by atoms with Gasteiger partial charge >= 0.3 is 11.9 Å². The zero-order valence-corrected chi connectivity index (χ0v) is 9.91. The second-order valence-electron chi connectivity index (χ2n) is 3.54. The van der Waals surface area contributed by atoms with Crippen LogP contribution in [0, 0.1) is 12.3 Å². The highest BCUT2D eigenvalue weighted by Crippen LogP contribution is 2.10. The van der Waals surface area contributed by atoms with Gasteiger partial charge in [-0.05, 0) is 24.3 Å². The van der Waals surface area contributed by atoms with Crippen LogP contribution in [0.1, 0.15) is 10.4 Å². The minimum atomic E-state index is -1.15. The summed E-state index contributed by atoms with van der Waals surface area (Å²) < 4.78 is 9.24. The summed E-state index contributed by atoms with van der Waals surface area (Å²) in [6.07, 6.45) is 3.60. The van der Waals surface area contributed by atoms with E-state index in [2.05, 4.69) is 4.74 Å². The highest BCUT2D eigenvalue weighted by molar-refractivity contribution is 5.89. The maximum Gasteiger partial charge on any atom is 0.384 e. The first-order valence-corrected chi connectivity index (χ1v) is 5.30. The SMILES string of the molecule is C#CC(=O)OCC(O)COC(=O)c1ccc(O)cc1. The van der Waals surface area contributed by atoms with Crippen LogP contribution in [-0.4, -0.2) is 41.5 Å². The fourth-order valence-electron chi connectivity index (χ4n) is 1.11. The molecule has 1 atom stereocenters. The molecule has 0 spiro atoms. The molecule has 0 radical (unpaired) electrons. The summed E-state index contributed by atoms with van der Waals surface area (Å²) in [7, 11) is 0. The van der Waals surface area contributed by atoms with Crippen LogP contribution in [0.5, 0.6) is 5.75 Å². The van der Waals surface area contributed by atoms with Crippen LogP contribution in [0.3, 0.4) is 0 Å². The van der Waals surface area contributed by atoms with Crippen molar-refractivity contribution in [1.82, 2.24) is 0 Å². The molecule has 0 aliphatic carbocycles. The van der Waals surface area contributed by atoms with Crippen LogP contribution in [-0.2, 0) is 14.3 Å².